The second-order valence-corrected chi connectivity index (χ2v) is 3.69. The van der Waals surface area contributed by atoms with E-state index in [2.05, 4.69) is 38.5 Å². The molecule has 1 radical (unpaired) electrons. The molecule has 1 aliphatic rings. The van der Waals surface area contributed by atoms with Gasteiger partial charge in [-0.3, -0.25) is 0 Å². The van der Waals surface area contributed by atoms with Crippen LogP contribution < -0.4 is 37.2 Å². The van der Waals surface area contributed by atoms with Gasteiger partial charge in [-0.15, -0.1) is 12.2 Å². The number of halogens is 3. The quantitative estimate of drug-likeness (QED) is 0.418. The zero-order chi connectivity index (χ0) is 9.57. The van der Waals surface area contributed by atoms with Gasteiger partial charge >= 0.3 is 0 Å². The van der Waals surface area contributed by atoms with Gasteiger partial charge in [0.15, 0.2) is 0 Å². The molecule has 0 spiro atoms. The van der Waals surface area contributed by atoms with Crippen LogP contribution in [0.5, 0.6) is 0 Å². The number of hydrogen-bond acceptors (Lipinski definition) is 0. The van der Waals surface area contributed by atoms with Crippen LogP contribution >= 0.6 is 0 Å². The van der Waals surface area contributed by atoms with Crippen molar-refractivity contribution in [1.82, 2.24) is 0 Å². The Hall–Kier alpha value is 0.154. The van der Waals surface area contributed by atoms with Crippen LogP contribution in [-0.4, -0.2) is 0 Å². The number of hydrogen-bond donors (Lipinski definition) is 0. The molecule has 0 aromatic heterocycles. The van der Waals surface area contributed by atoms with E-state index in [0.29, 0.717) is 0 Å². The fourth-order valence-electron chi connectivity index (χ4n) is 1.05. The Morgan fingerprint density at radius 1 is 0.882 bits per heavy atom. The van der Waals surface area contributed by atoms with Crippen LogP contribution in [0.4, 0.5) is 0 Å². The minimum absolute atomic E-state index is 0. The first kappa shape index (κ1) is 25.9. The molecule has 0 saturated heterocycles. The summed E-state index contributed by atoms with van der Waals surface area (Å²) < 4.78 is 0. The largest absolute Gasteiger partial charge is 1.00 e. The SMILES string of the molecule is CC1(C)C=CC=C[CH-]1.[Cl-].[Cl-].[Cl-].[V].c1cc[cH-]c1. The Morgan fingerprint density at radius 3 is 1.59 bits per heavy atom. The summed E-state index contributed by atoms with van der Waals surface area (Å²) in [7, 11) is 0. The molecule has 4 heteroatoms. The van der Waals surface area contributed by atoms with Crippen LogP contribution in [0.1, 0.15) is 13.8 Å². The van der Waals surface area contributed by atoms with Crippen LogP contribution in [0.2, 0.25) is 0 Å². The van der Waals surface area contributed by atoms with Crippen molar-refractivity contribution in [2.24, 2.45) is 5.41 Å². The number of allylic oxidation sites excluding steroid dienone is 4. The molecule has 0 fully saturated rings. The molecule has 2 rings (SSSR count). The zero-order valence-electron chi connectivity index (χ0n) is 9.85. The minimum atomic E-state index is 0. The van der Waals surface area contributed by atoms with Crippen LogP contribution in [0.15, 0.2) is 54.6 Å². The normalized spacial score (nSPS) is 13.1. The van der Waals surface area contributed by atoms with Gasteiger partial charge in [0.05, 0.1) is 0 Å². The van der Waals surface area contributed by atoms with Crippen LogP contribution in [-0.2, 0) is 18.6 Å². The van der Waals surface area contributed by atoms with E-state index in [1.165, 1.54) is 0 Å². The van der Waals surface area contributed by atoms with Crippen LogP contribution in [0, 0.1) is 11.8 Å². The molecular weight excluding hydrogens is 313 g/mol. The molecule has 1 aliphatic carbocycles. The van der Waals surface area contributed by atoms with Crippen LogP contribution in [0.25, 0.3) is 0 Å². The first-order valence-corrected chi connectivity index (χ1v) is 4.58. The van der Waals surface area contributed by atoms with Crippen molar-refractivity contribution >= 4 is 0 Å². The van der Waals surface area contributed by atoms with E-state index in [4.69, 9.17) is 0 Å². The summed E-state index contributed by atoms with van der Waals surface area (Å²) in [5.74, 6) is 0. The van der Waals surface area contributed by atoms with Crippen molar-refractivity contribution in [2.45, 2.75) is 13.8 Å². The molecule has 0 amide bonds. The van der Waals surface area contributed by atoms with Crippen molar-refractivity contribution in [3.63, 3.8) is 0 Å². The molecule has 0 N–H and O–H groups in total. The molecule has 0 saturated carbocycles. The van der Waals surface area contributed by atoms with Gasteiger partial charge in [0.1, 0.15) is 0 Å². The van der Waals surface area contributed by atoms with Gasteiger partial charge in [-0.2, -0.15) is 18.2 Å². The zero-order valence-corrected chi connectivity index (χ0v) is 13.5. The smallest absolute Gasteiger partial charge is 0 e. The Bertz CT molecular complexity index is 260. The molecule has 0 atom stereocenters. The molecule has 0 nitrogen and oxygen atoms in total. The van der Waals surface area contributed by atoms with Crippen molar-refractivity contribution in [3.05, 3.63) is 61.1 Å². The van der Waals surface area contributed by atoms with Crippen LogP contribution in [0.3, 0.4) is 0 Å². The minimum Gasteiger partial charge on any atom is -1.00 e. The van der Waals surface area contributed by atoms with Crippen molar-refractivity contribution in [1.29, 1.82) is 0 Å². The average molecular weight is 330 g/mol. The molecule has 0 heterocycles. The third kappa shape index (κ3) is 14.1. The summed E-state index contributed by atoms with van der Waals surface area (Å²) in [5.41, 5.74) is 0.286. The van der Waals surface area contributed by atoms with E-state index in [9.17, 15) is 0 Å². The second-order valence-electron chi connectivity index (χ2n) is 3.69. The maximum Gasteiger partial charge on any atom is 0 e. The number of rotatable bonds is 0. The Balaban J connectivity index is -0.0000000849. The summed E-state index contributed by atoms with van der Waals surface area (Å²) in [6.45, 7) is 4.38. The van der Waals surface area contributed by atoms with Gasteiger partial charge in [0.2, 0.25) is 0 Å². The first-order valence-electron chi connectivity index (χ1n) is 4.58. The van der Waals surface area contributed by atoms with E-state index >= 15 is 0 Å². The van der Waals surface area contributed by atoms with Crippen molar-refractivity contribution in [3.8, 4) is 0 Å². The molecular formula is C13H16Cl3V-5. The fraction of sp³-hybridized carbons (Fsp3) is 0.231. The average Bonchev–Trinajstić information content (AvgIpc) is 2.60. The standard InChI is InChI=1S/C8H11.C5H5.3ClH.V/c1-8(2)6-4-3-5-7-8;1-2-4-5-3-1;;;;/h3-7H,1-2H3;1-5H;3*1H;/q2*-1;;;;/p-3. The third-order valence-corrected chi connectivity index (χ3v) is 1.83. The van der Waals surface area contributed by atoms with Gasteiger partial charge in [0, 0.05) is 18.6 Å². The monoisotopic (exact) mass is 328 g/mol. The molecule has 0 aliphatic heterocycles. The fourth-order valence-corrected chi connectivity index (χ4v) is 1.05. The van der Waals surface area contributed by atoms with Gasteiger partial charge in [-0.05, 0) is 0 Å². The van der Waals surface area contributed by atoms with Gasteiger partial charge in [-0.25, -0.2) is 30.7 Å². The van der Waals surface area contributed by atoms with E-state index in [0.717, 1.165) is 0 Å². The second kappa shape index (κ2) is 14.2. The van der Waals surface area contributed by atoms with Gasteiger partial charge < -0.3 is 37.2 Å². The van der Waals surface area contributed by atoms with Crippen molar-refractivity contribution in [2.75, 3.05) is 0 Å². The molecule has 99 valence electrons. The van der Waals surface area contributed by atoms with Crippen molar-refractivity contribution < 1.29 is 55.8 Å². The third-order valence-electron chi connectivity index (χ3n) is 1.83. The summed E-state index contributed by atoms with van der Waals surface area (Å²) in [4.78, 5) is 0. The van der Waals surface area contributed by atoms with E-state index in [1.54, 1.807) is 0 Å². The Morgan fingerprint density at radius 2 is 1.41 bits per heavy atom. The summed E-state index contributed by atoms with van der Waals surface area (Å²) >= 11 is 0. The Kier molecular flexibility index (Phi) is 21.6. The molecule has 0 bridgehead atoms. The molecule has 1 aromatic carbocycles. The maximum atomic E-state index is 2.19. The van der Waals surface area contributed by atoms with E-state index < -0.39 is 0 Å². The summed E-state index contributed by atoms with van der Waals surface area (Å²) in [6.07, 6.45) is 10.6. The van der Waals surface area contributed by atoms with E-state index in [-0.39, 0.29) is 61.2 Å². The summed E-state index contributed by atoms with van der Waals surface area (Å²) in [5, 5.41) is 0. The van der Waals surface area contributed by atoms with Gasteiger partial charge in [0.25, 0.3) is 0 Å². The van der Waals surface area contributed by atoms with E-state index in [1.807, 2.05) is 36.4 Å². The summed E-state index contributed by atoms with van der Waals surface area (Å²) in [6, 6.07) is 10.0. The molecule has 17 heavy (non-hydrogen) atoms. The predicted octanol–water partition coefficient (Wildman–Crippen LogP) is -5.24. The first-order chi connectivity index (χ1) is 6.21. The topological polar surface area (TPSA) is 0 Å². The predicted molar refractivity (Wildman–Crippen MR) is 58.4 cm³/mol. The maximum absolute atomic E-state index is 2.19. The Labute approximate surface area is 135 Å². The molecule has 1 aromatic rings. The molecule has 0 unspecified atom stereocenters. The van der Waals surface area contributed by atoms with Gasteiger partial charge in [-0.1, -0.05) is 19.3 Å².